The molecule has 2 saturated heterocycles. The Hall–Kier alpha value is -1.43. The van der Waals surface area contributed by atoms with Crippen LogP contribution in [0.1, 0.15) is 31.4 Å². The number of hydrogen-bond acceptors (Lipinski definition) is 4. The standard InChI is InChI=1S/C19H29N3O2/c1-15(17-9-6-14-24-17)20-19(23)18(16-7-4-3-5-8-16)22-12-10-21(2)11-13-22/h3-5,7-8,15,17-18H,6,9-14H2,1-2H3,(H,20,23)/t15-,17-,18+/m0/s1. The highest BCUT2D eigenvalue weighted by atomic mass is 16.5. The molecule has 0 unspecified atom stereocenters. The molecule has 1 aromatic carbocycles. The smallest absolute Gasteiger partial charge is 0.242 e. The van der Waals surface area contributed by atoms with Crippen molar-refractivity contribution in [1.29, 1.82) is 0 Å². The van der Waals surface area contributed by atoms with E-state index in [1.54, 1.807) is 0 Å². The monoisotopic (exact) mass is 331 g/mol. The summed E-state index contributed by atoms with van der Waals surface area (Å²) in [7, 11) is 2.13. The largest absolute Gasteiger partial charge is 0.376 e. The van der Waals surface area contributed by atoms with Crippen LogP contribution in [0.5, 0.6) is 0 Å². The van der Waals surface area contributed by atoms with E-state index in [9.17, 15) is 4.79 Å². The third-order valence-corrected chi connectivity index (χ3v) is 5.16. The maximum Gasteiger partial charge on any atom is 0.242 e. The lowest BCUT2D eigenvalue weighted by molar-refractivity contribution is -0.129. The summed E-state index contributed by atoms with van der Waals surface area (Å²) in [6.45, 7) is 6.69. The normalized spacial score (nSPS) is 25.3. The highest BCUT2D eigenvalue weighted by molar-refractivity contribution is 5.83. The maximum absolute atomic E-state index is 13.1. The Balaban J connectivity index is 1.72. The second kappa shape index (κ2) is 8.10. The van der Waals surface area contributed by atoms with Crippen molar-refractivity contribution in [3.63, 3.8) is 0 Å². The van der Waals surface area contributed by atoms with Crippen LogP contribution in [-0.2, 0) is 9.53 Å². The minimum atomic E-state index is -0.219. The summed E-state index contributed by atoms with van der Waals surface area (Å²) in [6, 6.07) is 9.96. The SMILES string of the molecule is C[C@H](NC(=O)[C@@H](c1ccccc1)N1CCN(C)CC1)[C@@H]1CCCO1. The van der Waals surface area contributed by atoms with Gasteiger partial charge in [0.25, 0.3) is 0 Å². The predicted octanol–water partition coefficient (Wildman–Crippen LogP) is 1.66. The molecule has 1 aromatic rings. The van der Waals surface area contributed by atoms with E-state index >= 15 is 0 Å². The fraction of sp³-hybridized carbons (Fsp3) is 0.632. The number of amides is 1. The van der Waals surface area contributed by atoms with Gasteiger partial charge in [-0.2, -0.15) is 0 Å². The van der Waals surface area contributed by atoms with Crippen molar-refractivity contribution in [3.8, 4) is 0 Å². The van der Waals surface area contributed by atoms with Gasteiger partial charge in [0.1, 0.15) is 6.04 Å². The Morgan fingerprint density at radius 3 is 2.54 bits per heavy atom. The molecule has 2 aliphatic rings. The van der Waals surface area contributed by atoms with Gasteiger partial charge < -0.3 is 15.0 Å². The fourth-order valence-corrected chi connectivity index (χ4v) is 3.64. The van der Waals surface area contributed by atoms with Gasteiger partial charge in [0.15, 0.2) is 0 Å². The average Bonchev–Trinajstić information content (AvgIpc) is 3.12. The molecule has 5 heteroatoms. The molecule has 2 aliphatic heterocycles. The van der Waals surface area contributed by atoms with Crippen LogP contribution in [0.2, 0.25) is 0 Å². The van der Waals surface area contributed by atoms with Crippen LogP contribution in [0.3, 0.4) is 0 Å². The van der Waals surface area contributed by atoms with Gasteiger partial charge >= 0.3 is 0 Å². The zero-order valence-electron chi connectivity index (χ0n) is 14.8. The van der Waals surface area contributed by atoms with Crippen LogP contribution in [-0.4, -0.2) is 67.7 Å². The number of benzene rings is 1. The van der Waals surface area contributed by atoms with Gasteiger partial charge in [-0.25, -0.2) is 0 Å². The minimum absolute atomic E-state index is 0.0543. The van der Waals surface area contributed by atoms with Crippen LogP contribution < -0.4 is 5.32 Å². The molecule has 0 aliphatic carbocycles. The number of carbonyl (C=O) groups excluding carboxylic acids is 1. The Morgan fingerprint density at radius 2 is 1.92 bits per heavy atom. The lowest BCUT2D eigenvalue weighted by Crippen LogP contribution is -2.52. The molecular formula is C19H29N3O2. The number of likely N-dealkylation sites (N-methyl/N-ethyl adjacent to an activating group) is 1. The molecule has 0 aromatic heterocycles. The van der Waals surface area contributed by atoms with Crippen molar-refractivity contribution in [2.24, 2.45) is 0 Å². The Labute approximate surface area is 145 Å². The lowest BCUT2D eigenvalue weighted by Gasteiger charge is -2.38. The number of hydrogen-bond donors (Lipinski definition) is 1. The maximum atomic E-state index is 13.1. The van der Waals surface area contributed by atoms with Crippen molar-refractivity contribution in [2.75, 3.05) is 39.8 Å². The fourth-order valence-electron chi connectivity index (χ4n) is 3.64. The molecule has 2 heterocycles. The van der Waals surface area contributed by atoms with Crippen molar-refractivity contribution in [1.82, 2.24) is 15.1 Å². The number of rotatable bonds is 5. The molecule has 24 heavy (non-hydrogen) atoms. The molecule has 0 bridgehead atoms. The molecule has 5 nitrogen and oxygen atoms in total. The predicted molar refractivity (Wildman–Crippen MR) is 94.8 cm³/mol. The molecule has 3 rings (SSSR count). The van der Waals surface area contributed by atoms with E-state index in [4.69, 9.17) is 4.74 Å². The Kier molecular flexibility index (Phi) is 5.87. The van der Waals surface area contributed by atoms with Crippen molar-refractivity contribution >= 4 is 5.91 Å². The first-order valence-electron chi connectivity index (χ1n) is 9.04. The van der Waals surface area contributed by atoms with E-state index in [0.717, 1.165) is 51.2 Å². The zero-order chi connectivity index (χ0) is 16.9. The lowest BCUT2D eigenvalue weighted by atomic mass is 10.0. The van der Waals surface area contributed by atoms with E-state index < -0.39 is 0 Å². The summed E-state index contributed by atoms with van der Waals surface area (Å²) in [5.74, 6) is 0.0914. The molecule has 1 amide bonds. The Morgan fingerprint density at radius 1 is 1.21 bits per heavy atom. The first-order chi connectivity index (χ1) is 11.6. The number of nitrogens with one attached hydrogen (secondary N) is 1. The number of nitrogens with zero attached hydrogens (tertiary/aromatic N) is 2. The molecule has 2 fully saturated rings. The highest BCUT2D eigenvalue weighted by Crippen LogP contribution is 2.23. The van der Waals surface area contributed by atoms with Gasteiger partial charge in [-0.1, -0.05) is 30.3 Å². The van der Waals surface area contributed by atoms with E-state index in [1.807, 2.05) is 18.2 Å². The molecule has 3 atom stereocenters. The van der Waals surface area contributed by atoms with Crippen LogP contribution in [0.25, 0.3) is 0 Å². The molecule has 0 saturated carbocycles. The second-order valence-electron chi connectivity index (χ2n) is 7.00. The van der Waals surface area contributed by atoms with Crippen LogP contribution in [0, 0.1) is 0 Å². The minimum Gasteiger partial charge on any atom is -0.376 e. The van der Waals surface area contributed by atoms with Crippen molar-refractivity contribution in [2.45, 2.75) is 38.0 Å². The number of carbonyl (C=O) groups is 1. The Bertz CT molecular complexity index is 523. The zero-order valence-corrected chi connectivity index (χ0v) is 14.8. The number of piperazine rings is 1. The van der Waals surface area contributed by atoms with Crippen LogP contribution in [0.4, 0.5) is 0 Å². The summed E-state index contributed by atoms with van der Waals surface area (Å²) in [6.07, 6.45) is 2.27. The molecule has 132 valence electrons. The highest BCUT2D eigenvalue weighted by Gasteiger charge is 2.32. The van der Waals surface area contributed by atoms with E-state index in [2.05, 4.69) is 41.2 Å². The van der Waals surface area contributed by atoms with Gasteiger partial charge in [0.05, 0.1) is 12.1 Å². The van der Waals surface area contributed by atoms with Gasteiger partial charge in [0.2, 0.25) is 5.91 Å². The van der Waals surface area contributed by atoms with Gasteiger partial charge in [-0.3, -0.25) is 9.69 Å². The van der Waals surface area contributed by atoms with Gasteiger partial charge in [-0.05, 0) is 32.4 Å². The summed E-state index contributed by atoms with van der Waals surface area (Å²) in [4.78, 5) is 17.7. The van der Waals surface area contributed by atoms with Gasteiger partial charge in [0, 0.05) is 32.8 Å². The van der Waals surface area contributed by atoms with Gasteiger partial charge in [-0.15, -0.1) is 0 Å². The summed E-state index contributed by atoms with van der Waals surface area (Å²) in [5, 5.41) is 3.21. The second-order valence-corrected chi connectivity index (χ2v) is 7.00. The van der Waals surface area contributed by atoms with Crippen molar-refractivity contribution in [3.05, 3.63) is 35.9 Å². The molecule has 1 N–H and O–H groups in total. The summed E-state index contributed by atoms with van der Waals surface area (Å²) < 4.78 is 5.73. The van der Waals surface area contributed by atoms with E-state index in [-0.39, 0.29) is 24.1 Å². The molecule has 0 spiro atoms. The third-order valence-electron chi connectivity index (χ3n) is 5.16. The van der Waals surface area contributed by atoms with Crippen molar-refractivity contribution < 1.29 is 9.53 Å². The molecular weight excluding hydrogens is 302 g/mol. The summed E-state index contributed by atoms with van der Waals surface area (Å²) >= 11 is 0. The van der Waals surface area contributed by atoms with E-state index in [1.165, 1.54) is 0 Å². The summed E-state index contributed by atoms with van der Waals surface area (Å²) in [5.41, 5.74) is 1.07. The first kappa shape index (κ1) is 17.4. The topological polar surface area (TPSA) is 44.8 Å². The molecule has 0 radical (unpaired) electrons. The third kappa shape index (κ3) is 4.15. The van der Waals surface area contributed by atoms with Crippen LogP contribution in [0.15, 0.2) is 30.3 Å². The number of ether oxygens (including phenoxy) is 1. The first-order valence-corrected chi connectivity index (χ1v) is 9.04. The van der Waals surface area contributed by atoms with E-state index in [0.29, 0.717) is 0 Å². The van der Waals surface area contributed by atoms with Crippen LogP contribution >= 0.6 is 0 Å². The quantitative estimate of drug-likeness (QED) is 0.891. The average molecular weight is 331 g/mol.